The van der Waals surface area contributed by atoms with Gasteiger partial charge in [0.25, 0.3) is 0 Å². The number of ether oxygens (including phenoxy) is 1. The van der Waals surface area contributed by atoms with Crippen LogP contribution in [-0.2, 0) is 6.42 Å². The Hall–Kier alpha value is -1.30. The van der Waals surface area contributed by atoms with E-state index in [0.29, 0.717) is 18.4 Å². The lowest BCUT2D eigenvalue weighted by Gasteiger charge is -2.35. The molecule has 0 aromatic heterocycles. The Morgan fingerprint density at radius 1 is 1.10 bits per heavy atom. The summed E-state index contributed by atoms with van der Waals surface area (Å²) in [6.07, 6.45) is -1.48. The fourth-order valence-corrected chi connectivity index (χ4v) is 3.51. The van der Waals surface area contributed by atoms with Crippen LogP contribution in [0.1, 0.15) is 31.2 Å². The minimum atomic E-state index is -4.70. The van der Waals surface area contributed by atoms with Crippen LogP contribution in [0, 0.1) is 0 Å². The number of halogens is 4. The molecule has 0 radical (unpaired) electrons. The first-order valence-corrected chi connectivity index (χ1v) is 7.11. The topological polar surface area (TPSA) is 21.3 Å². The fraction of sp³-hybridized carbons (Fsp3) is 0.600. The maximum absolute atomic E-state index is 14.9. The molecular formula is C15H17F4NO. The van der Waals surface area contributed by atoms with Gasteiger partial charge in [0, 0.05) is 18.5 Å². The second-order valence-corrected chi connectivity index (χ2v) is 6.07. The van der Waals surface area contributed by atoms with Crippen molar-refractivity contribution in [3.05, 3.63) is 29.8 Å². The SMILES string of the molecule is FC1(Cc2ccc(OC(F)(F)F)cc2)CC2CCC(C1)N2. The number of nitrogens with one attached hydrogen (secondary N) is 1. The summed E-state index contributed by atoms with van der Waals surface area (Å²) in [5.41, 5.74) is -0.558. The molecule has 2 nitrogen and oxygen atoms in total. The van der Waals surface area contributed by atoms with Gasteiger partial charge in [-0.3, -0.25) is 0 Å². The number of fused-ring (bicyclic) bond motifs is 2. The minimum absolute atomic E-state index is 0.238. The van der Waals surface area contributed by atoms with Gasteiger partial charge in [0.15, 0.2) is 0 Å². The molecule has 0 saturated carbocycles. The molecule has 1 N–H and O–H groups in total. The summed E-state index contributed by atoms with van der Waals surface area (Å²) in [5.74, 6) is -0.274. The van der Waals surface area contributed by atoms with E-state index in [1.54, 1.807) is 0 Å². The largest absolute Gasteiger partial charge is 0.573 e. The predicted octanol–water partition coefficient (Wildman–Crippen LogP) is 3.75. The first-order valence-electron chi connectivity index (χ1n) is 7.11. The molecule has 0 spiro atoms. The highest BCUT2D eigenvalue weighted by Crippen LogP contribution is 2.39. The summed E-state index contributed by atoms with van der Waals surface area (Å²) in [6.45, 7) is 0. The molecule has 1 aromatic carbocycles. The Bertz CT molecular complexity index is 487. The minimum Gasteiger partial charge on any atom is -0.406 e. The summed E-state index contributed by atoms with van der Waals surface area (Å²) in [7, 11) is 0. The maximum atomic E-state index is 14.9. The monoisotopic (exact) mass is 303 g/mol. The second kappa shape index (κ2) is 5.16. The zero-order valence-corrected chi connectivity index (χ0v) is 11.4. The van der Waals surface area contributed by atoms with Crippen LogP contribution in [0.15, 0.2) is 24.3 Å². The highest BCUT2D eigenvalue weighted by molar-refractivity contribution is 5.28. The Morgan fingerprint density at radius 2 is 1.67 bits per heavy atom. The summed E-state index contributed by atoms with van der Waals surface area (Å²) < 4.78 is 55.0. The van der Waals surface area contributed by atoms with Gasteiger partial charge in [0.1, 0.15) is 11.4 Å². The molecule has 21 heavy (non-hydrogen) atoms. The highest BCUT2D eigenvalue weighted by Gasteiger charge is 2.43. The number of rotatable bonds is 3. The van der Waals surface area contributed by atoms with E-state index in [4.69, 9.17) is 0 Å². The third-order valence-corrected chi connectivity index (χ3v) is 4.24. The third-order valence-electron chi connectivity index (χ3n) is 4.24. The van der Waals surface area contributed by atoms with E-state index >= 15 is 0 Å². The molecular weight excluding hydrogens is 286 g/mol. The van der Waals surface area contributed by atoms with Crippen molar-refractivity contribution in [3.63, 3.8) is 0 Å². The van der Waals surface area contributed by atoms with E-state index in [-0.39, 0.29) is 24.3 Å². The lowest BCUT2D eigenvalue weighted by molar-refractivity contribution is -0.274. The smallest absolute Gasteiger partial charge is 0.406 e. The first kappa shape index (κ1) is 14.6. The van der Waals surface area contributed by atoms with Crippen molar-refractivity contribution in [2.45, 2.75) is 56.2 Å². The standard InChI is InChI=1S/C15H17F4NO/c16-14(8-11-3-4-12(9-14)20-11)7-10-1-5-13(6-2-10)21-15(17,18)19/h1-2,5-6,11-12,20H,3-4,7-9H2. The van der Waals surface area contributed by atoms with E-state index in [1.165, 1.54) is 24.3 Å². The van der Waals surface area contributed by atoms with Crippen molar-refractivity contribution >= 4 is 0 Å². The quantitative estimate of drug-likeness (QED) is 0.859. The van der Waals surface area contributed by atoms with Gasteiger partial charge >= 0.3 is 6.36 Å². The fourth-order valence-electron chi connectivity index (χ4n) is 3.51. The number of piperidine rings is 1. The van der Waals surface area contributed by atoms with Crippen molar-refractivity contribution < 1.29 is 22.3 Å². The summed E-state index contributed by atoms with van der Waals surface area (Å²) in [5, 5.41) is 3.38. The zero-order valence-electron chi connectivity index (χ0n) is 11.4. The molecule has 116 valence electrons. The van der Waals surface area contributed by atoms with E-state index in [1.807, 2.05) is 0 Å². The average molecular weight is 303 g/mol. The molecule has 3 rings (SSSR count). The molecule has 2 aliphatic heterocycles. The van der Waals surface area contributed by atoms with Gasteiger partial charge < -0.3 is 10.1 Å². The van der Waals surface area contributed by atoms with Gasteiger partial charge in [-0.1, -0.05) is 12.1 Å². The molecule has 0 amide bonds. The van der Waals surface area contributed by atoms with Crippen molar-refractivity contribution in [1.82, 2.24) is 5.32 Å². The highest BCUT2D eigenvalue weighted by atomic mass is 19.4. The number of benzene rings is 1. The number of alkyl halides is 4. The van der Waals surface area contributed by atoms with Gasteiger partial charge in [-0.2, -0.15) is 0 Å². The molecule has 2 aliphatic rings. The van der Waals surface area contributed by atoms with E-state index in [2.05, 4.69) is 10.1 Å². The van der Waals surface area contributed by atoms with Crippen LogP contribution in [0.25, 0.3) is 0 Å². The van der Waals surface area contributed by atoms with Gasteiger partial charge in [-0.05, 0) is 43.4 Å². The maximum Gasteiger partial charge on any atom is 0.573 e. The van der Waals surface area contributed by atoms with Gasteiger partial charge in [0.05, 0.1) is 0 Å². The van der Waals surface area contributed by atoms with Crippen LogP contribution >= 0.6 is 0 Å². The molecule has 2 atom stereocenters. The molecule has 0 aliphatic carbocycles. The van der Waals surface area contributed by atoms with Gasteiger partial charge in [-0.25, -0.2) is 4.39 Å². The van der Waals surface area contributed by atoms with Crippen LogP contribution in [0.2, 0.25) is 0 Å². The molecule has 2 saturated heterocycles. The average Bonchev–Trinajstić information content (AvgIpc) is 2.70. The van der Waals surface area contributed by atoms with Gasteiger partial charge in [-0.15, -0.1) is 13.2 Å². The lowest BCUT2D eigenvalue weighted by atomic mass is 9.84. The van der Waals surface area contributed by atoms with Crippen molar-refractivity contribution in [1.29, 1.82) is 0 Å². The summed E-state index contributed by atoms with van der Waals surface area (Å²) in [4.78, 5) is 0. The third kappa shape index (κ3) is 3.67. The molecule has 2 bridgehead atoms. The predicted molar refractivity (Wildman–Crippen MR) is 69.8 cm³/mol. The van der Waals surface area contributed by atoms with E-state index in [9.17, 15) is 17.6 Å². The van der Waals surface area contributed by atoms with Crippen LogP contribution in [-0.4, -0.2) is 24.1 Å². The van der Waals surface area contributed by atoms with Crippen LogP contribution in [0.4, 0.5) is 17.6 Å². The first-order chi connectivity index (χ1) is 9.81. The number of hydrogen-bond acceptors (Lipinski definition) is 2. The van der Waals surface area contributed by atoms with Crippen LogP contribution in [0.3, 0.4) is 0 Å². The molecule has 1 aromatic rings. The van der Waals surface area contributed by atoms with Crippen molar-refractivity contribution in [2.24, 2.45) is 0 Å². The molecule has 2 fully saturated rings. The Balaban J connectivity index is 1.65. The van der Waals surface area contributed by atoms with Crippen LogP contribution < -0.4 is 10.1 Å². The molecule has 2 unspecified atom stereocenters. The van der Waals surface area contributed by atoms with Crippen molar-refractivity contribution in [2.75, 3.05) is 0 Å². The molecule has 6 heteroatoms. The second-order valence-electron chi connectivity index (χ2n) is 6.07. The summed E-state index contributed by atoms with van der Waals surface area (Å²) in [6, 6.07) is 5.96. The Morgan fingerprint density at radius 3 is 2.19 bits per heavy atom. The summed E-state index contributed by atoms with van der Waals surface area (Å²) >= 11 is 0. The molecule has 2 heterocycles. The Kier molecular flexibility index (Phi) is 3.59. The zero-order chi connectivity index (χ0) is 15.1. The van der Waals surface area contributed by atoms with Crippen LogP contribution in [0.5, 0.6) is 5.75 Å². The number of hydrogen-bond donors (Lipinski definition) is 1. The van der Waals surface area contributed by atoms with Gasteiger partial charge in [0.2, 0.25) is 0 Å². The Labute approximate surface area is 120 Å². The lowest BCUT2D eigenvalue weighted by Crippen LogP contribution is -2.47. The van der Waals surface area contributed by atoms with Crippen molar-refractivity contribution in [3.8, 4) is 5.75 Å². The normalized spacial score (nSPS) is 32.2. The van der Waals surface area contributed by atoms with E-state index < -0.39 is 12.0 Å². The van der Waals surface area contributed by atoms with E-state index in [0.717, 1.165) is 12.8 Å².